The third-order valence-electron chi connectivity index (χ3n) is 4.55. The van der Waals surface area contributed by atoms with E-state index in [1.165, 1.54) is 5.56 Å². The number of hydrogen-bond acceptors (Lipinski definition) is 5. The Kier molecular flexibility index (Phi) is 4.28. The number of pyridine rings is 1. The molecule has 0 bridgehead atoms. The van der Waals surface area contributed by atoms with Crippen molar-refractivity contribution in [3.63, 3.8) is 0 Å². The molecule has 27 heavy (non-hydrogen) atoms. The normalized spacial score (nSPS) is 11.1. The molecule has 3 heterocycles. The van der Waals surface area contributed by atoms with Crippen molar-refractivity contribution >= 4 is 34.0 Å². The van der Waals surface area contributed by atoms with Crippen LogP contribution in [0.5, 0.6) is 0 Å². The zero-order chi connectivity index (χ0) is 19.1. The van der Waals surface area contributed by atoms with Crippen LogP contribution in [-0.2, 0) is 0 Å². The quantitative estimate of drug-likeness (QED) is 0.516. The van der Waals surface area contributed by atoms with Crippen LogP contribution in [0.15, 0.2) is 40.2 Å². The Labute approximate surface area is 161 Å². The number of fused-ring (bicyclic) bond motifs is 1. The molecule has 0 aliphatic carbocycles. The fourth-order valence-corrected chi connectivity index (χ4v) is 4.07. The van der Waals surface area contributed by atoms with E-state index in [0.29, 0.717) is 28.1 Å². The first-order valence-electron chi connectivity index (χ1n) is 8.64. The fourth-order valence-electron chi connectivity index (χ4n) is 3.38. The van der Waals surface area contributed by atoms with Crippen LogP contribution in [0.4, 0.5) is 5.69 Å². The van der Waals surface area contributed by atoms with Crippen molar-refractivity contribution in [3.05, 3.63) is 63.7 Å². The van der Waals surface area contributed by atoms with Crippen LogP contribution < -0.4 is 5.32 Å². The highest BCUT2D eigenvalue weighted by molar-refractivity contribution is 7.13. The Morgan fingerprint density at radius 1 is 1.11 bits per heavy atom. The van der Waals surface area contributed by atoms with Crippen molar-refractivity contribution in [3.8, 4) is 10.6 Å². The average molecular weight is 377 g/mol. The molecular formula is C21H19N3O2S. The summed E-state index contributed by atoms with van der Waals surface area (Å²) in [4.78, 5) is 18.7. The molecule has 4 rings (SSSR count). The van der Waals surface area contributed by atoms with E-state index in [1.54, 1.807) is 11.3 Å². The van der Waals surface area contributed by atoms with Gasteiger partial charge in [-0.1, -0.05) is 28.9 Å². The van der Waals surface area contributed by atoms with Gasteiger partial charge in [0, 0.05) is 5.69 Å². The van der Waals surface area contributed by atoms with E-state index in [9.17, 15) is 4.79 Å². The number of carbonyl (C=O) groups excluding carboxylic acids is 1. The highest BCUT2D eigenvalue weighted by Gasteiger charge is 2.20. The van der Waals surface area contributed by atoms with Gasteiger partial charge in [0.15, 0.2) is 0 Å². The molecule has 4 aromatic rings. The molecule has 6 heteroatoms. The first-order valence-corrected chi connectivity index (χ1v) is 9.52. The summed E-state index contributed by atoms with van der Waals surface area (Å²) in [5, 5.41) is 9.70. The Hall–Kier alpha value is -2.99. The number of rotatable bonds is 3. The standard InChI is InChI=1S/C21H19N3O2S/c1-11-8-12(2)19(13(3)9-11)23-20(25)15-10-16(17-6-5-7-27-17)22-21-18(15)14(4)24-26-21/h5-10H,1-4H3,(H,23,25). The lowest BCUT2D eigenvalue weighted by Gasteiger charge is -2.13. The Morgan fingerprint density at radius 3 is 2.52 bits per heavy atom. The Balaban J connectivity index is 1.83. The van der Waals surface area contributed by atoms with Gasteiger partial charge in [-0.3, -0.25) is 4.79 Å². The first kappa shape index (κ1) is 17.4. The summed E-state index contributed by atoms with van der Waals surface area (Å²) in [5.41, 5.74) is 6.32. The van der Waals surface area contributed by atoms with Gasteiger partial charge in [-0.25, -0.2) is 4.98 Å². The van der Waals surface area contributed by atoms with E-state index in [0.717, 1.165) is 21.7 Å². The molecule has 1 N–H and O–H groups in total. The minimum atomic E-state index is -0.193. The van der Waals surface area contributed by atoms with Crippen LogP contribution in [0.2, 0.25) is 0 Å². The van der Waals surface area contributed by atoms with Gasteiger partial charge < -0.3 is 9.84 Å². The van der Waals surface area contributed by atoms with E-state index >= 15 is 0 Å². The Morgan fingerprint density at radius 2 is 1.85 bits per heavy atom. The van der Waals surface area contributed by atoms with Crippen molar-refractivity contribution in [2.24, 2.45) is 0 Å². The van der Waals surface area contributed by atoms with Crippen LogP contribution in [0.1, 0.15) is 32.7 Å². The third kappa shape index (κ3) is 3.13. The van der Waals surface area contributed by atoms with Crippen molar-refractivity contribution in [2.75, 3.05) is 5.32 Å². The first-order chi connectivity index (χ1) is 12.9. The smallest absolute Gasteiger partial charge is 0.259 e. The summed E-state index contributed by atoms with van der Waals surface area (Å²) in [6.07, 6.45) is 0. The molecule has 1 aromatic carbocycles. The van der Waals surface area contributed by atoms with Gasteiger partial charge in [0.05, 0.1) is 27.2 Å². The average Bonchev–Trinajstić information content (AvgIpc) is 3.27. The molecule has 0 saturated heterocycles. The van der Waals surface area contributed by atoms with Crippen molar-refractivity contribution in [1.82, 2.24) is 10.1 Å². The van der Waals surface area contributed by atoms with E-state index in [2.05, 4.69) is 27.6 Å². The van der Waals surface area contributed by atoms with E-state index in [1.807, 2.05) is 51.3 Å². The van der Waals surface area contributed by atoms with Gasteiger partial charge >= 0.3 is 0 Å². The highest BCUT2D eigenvalue weighted by Crippen LogP contribution is 2.30. The number of thiophene rings is 1. The van der Waals surface area contributed by atoms with Gasteiger partial charge in [0.25, 0.3) is 11.6 Å². The topological polar surface area (TPSA) is 68.0 Å². The maximum absolute atomic E-state index is 13.2. The SMILES string of the molecule is Cc1cc(C)c(NC(=O)c2cc(-c3cccs3)nc3onc(C)c23)c(C)c1. The molecule has 0 saturated carbocycles. The molecular weight excluding hydrogens is 358 g/mol. The number of carbonyl (C=O) groups is 1. The summed E-state index contributed by atoms with van der Waals surface area (Å²) < 4.78 is 5.36. The zero-order valence-corrected chi connectivity index (χ0v) is 16.4. The molecule has 0 aliphatic rings. The number of nitrogens with zero attached hydrogens (tertiary/aromatic N) is 2. The minimum absolute atomic E-state index is 0.193. The van der Waals surface area contributed by atoms with Crippen LogP contribution in [0.25, 0.3) is 21.7 Å². The molecule has 0 atom stereocenters. The predicted octanol–water partition coefficient (Wildman–Crippen LogP) is 5.44. The van der Waals surface area contributed by atoms with Crippen LogP contribution >= 0.6 is 11.3 Å². The van der Waals surface area contributed by atoms with Gasteiger partial charge in [-0.15, -0.1) is 11.3 Å². The lowest BCUT2D eigenvalue weighted by molar-refractivity contribution is 0.102. The predicted molar refractivity (Wildman–Crippen MR) is 108 cm³/mol. The highest BCUT2D eigenvalue weighted by atomic mass is 32.1. The van der Waals surface area contributed by atoms with E-state index in [4.69, 9.17) is 4.52 Å². The van der Waals surface area contributed by atoms with Crippen molar-refractivity contribution in [2.45, 2.75) is 27.7 Å². The number of hydrogen-bond donors (Lipinski definition) is 1. The minimum Gasteiger partial charge on any atom is -0.335 e. The summed E-state index contributed by atoms with van der Waals surface area (Å²) in [5.74, 6) is -0.193. The number of aromatic nitrogens is 2. The third-order valence-corrected chi connectivity index (χ3v) is 5.44. The maximum Gasteiger partial charge on any atom is 0.259 e. The van der Waals surface area contributed by atoms with Gasteiger partial charge in [0.2, 0.25) is 0 Å². The molecule has 0 aliphatic heterocycles. The molecule has 5 nitrogen and oxygen atoms in total. The molecule has 0 fully saturated rings. The number of benzene rings is 1. The molecule has 0 spiro atoms. The van der Waals surface area contributed by atoms with Gasteiger partial charge in [-0.2, -0.15) is 0 Å². The van der Waals surface area contributed by atoms with E-state index < -0.39 is 0 Å². The largest absolute Gasteiger partial charge is 0.335 e. The molecule has 1 amide bonds. The van der Waals surface area contributed by atoms with E-state index in [-0.39, 0.29) is 5.91 Å². The monoisotopic (exact) mass is 377 g/mol. The molecule has 0 unspecified atom stereocenters. The molecule has 136 valence electrons. The second kappa shape index (κ2) is 6.63. The zero-order valence-electron chi connectivity index (χ0n) is 15.6. The second-order valence-electron chi connectivity index (χ2n) is 6.71. The maximum atomic E-state index is 13.2. The van der Waals surface area contributed by atoms with Gasteiger partial charge in [0.1, 0.15) is 0 Å². The fraction of sp³-hybridized carbons (Fsp3) is 0.190. The summed E-state index contributed by atoms with van der Waals surface area (Å²) >= 11 is 1.57. The Bertz CT molecular complexity index is 1140. The number of aryl methyl sites for hydroxylation is 4. The lowest BCUT2D eigenvalue weighted by Crippen LogP contribution is -2.15. The lowest BCUT2D eigenvalue weighted by atomic mass is 10.0. The number of nitrogens with one attached hydrogen (secondary N) is 1. The molecule has 3 aromatic heterocycles. The van der Waals surface area contributed by atoms with Gasteiger partial charge in [-0.05, 0) is 56.3 Å². The van der Waals surface area contributed by atoms with Crippen molar-refractivity contribution < 1.29 is 9.32 Å². The number of amides is 1. The van der Waals surface area contributed by atoms with Crippen molar-refractivity contribution in [1.29, 1.82) is 0 Å². The summed E-state index contributed by atoms with van der Waals surface area (Å²) in [7, 11) is 0. The summed E-state index contributed by atoms with van der Waals surface area (Å²) in [6, 6.07) is 9.86. The second-order valence-corrected chi connectivity index (χ2v) is 7.66. The van der Waals surface area contributed by atoms with Crippen LogP contribution in [0, 0.1) is 27.7 Å². The molecule has 0 radical (unpaired) electrons. The van der Waals surface area contributed by atoms with Crippen LogP contribution in [-0.4, -0.2) is 16.0 Å². The summed E-state index contributed by atoms with van der Waals surface area (Å²) in [6.45, 7) is 7.86. The van der Waals surface area contributed by atoms with Crippen LogP contribution in [0.3, 0.4) is 0 Å². The number of anilines is 1.